The maximum atomic E-state index is 7.02. The maximum absolute atomic E-state index is 7.02. The molecule has 13 rings (SSSR count). The quantitative estimate of drug-likeness (QED) is 0.0891. The second-order valence-electron chi connectivity index (χ2n) is 31.1. The average molecular weight is 1450 g/mol. The monoisotopic (exact) mass is 1450 g/mol. The predicted octanol–water partition coefficient (Wildman–Crippen LogP) is 20.4. The molecular weight excluding hydrogens is 1360 g/mol. The van der Waals surface area contributed by atoms with Crippen molar-refractivity contribution in [2.75, 3.05) is 0 Å². The molecule has 0 spiro atoms. The van der Waals surface area contributed by atoms with Gasteiger partial charge in [0.05, 0.1) is 22.4 Å². The summed E-state index contributed by atoms with van der Waals surface area (Å²) in [4.78, 5) is 14.8. The minimum absolute atomic E-state index is 0. The second kappa shape index (κ2) is 25.9. The van der Waals surface area contributed by atoms with E-state index in [1.54, 1.807) is 0 Å². The van der Waals surface area contributed by atoms with Crippen molar-refractivity contribution in [1.29, 1.82) is 0 Å². The van der Waals surface area contributed by atoms with Crippen LogP contribution in [0.1, 0.15) is 134 Å². The van der Waals surface area contributed by atoms with Crippen molar-refractivity contribution in [3.63, 3.8) is 0 Å². The van der Waals surface area contributed by atoms with Crippen molar-refractivity contribution >= 4 is 25.2 Å². The van der Waals surface area contributed by atoms with Crippen LogP contribution in [-0.2, 0) is 55.0 Å². The van der Waals surface area contributed by atoms with Crippen molar-refractivity contribution in [3.8, 4) is 112 Å². The Morgan fingerprint density at radius 1 is 0.299 bits per heavy atom. The van der Waals surface area contributed by atoms with E-state index >= 15 is 0 Å². The third kappa shape index (κ3) is 13.6. The molecule has 488 valence electrons. The molecule has 2 aliphatic heterocycles. The zero-order chi connectivity index (χ0) is 67.9. The maximum Gasteiger partial charge on any atom is 3.00 e. The first-order chi connectivity index (χ1) is 45.4. The van der Waals surface area contributed by atoms with Crippen LogP contribution in [0.15, 0.2) is 213 Å². The SMILES string of the molecule is CC(C)(C)c1ccnc(-c2[c-]cc(-c3ccccc3-c3cc(-c4ccccc4-c4c[c-]c(-c5cc(C(C)(C)C)ccn5)cc4B4OC(C)(C)C(C)(C)O4)cc(-c4ccccc4-c4c[c-]c(-c5cc(C(C)(C)C)ccn5)cc4-c4ccccc4)c3)c(B3OC(C)(C)C(C)(C)O3)c2)c1.[Ir+3]. The van der Waals surface area contributed by atoms with Gasteiger partial charge in [-0.1, -0.05) is 234 Å². The zero-order valence-electron chi connectivity index (χ0n) is 59.2. The van der Waals surface area contributed by atoms with Crippen LogP contribution in [0.5, 0.6) is 0 Å². The summed E-state index contributed by atoms with van der Waals surface area (Å²) in [5.74, 6) is 0. The van der Waals surface area contributed by atoms with Crippen LogP contribution < -0.4 is 10.9 Å². The van der Waals surface area contributed by atoms with Gasteiger partial charge in [-0.15, -0.1) is 71.3 Å². The average Bonchev–Trinajstić information content (AvgIpc) is 1.73. The van der Waals surface area contributed by atoms with Gasteiger partial charge in [0.2, 0.25) is 0 Å². The van der Waals surface area contributed by atoms with Gasteiger partial charge in [-0.25, -0.2) is 0 Å². The normalized spacial score (nSPS) is 15.7. The Morgan fingerprint density at radius 3 is 0.918 bits per heavy atom. The summed E-state index contributed by atoms with van der Waals surface area (Å²) < 4.78 is 28.1. The topological polar surface area (TPSA) is 75.6 Å². The molecule has 7 nitrogen and oxygen atoms in total. The van der Waals surface area contributed by atoms with Crippen molar-refractivity contribution in [2.24, 2.45) is 0 Å². The number of hydrogen-bond donors (Lipinski definition) is 0. The van der Waals surface area contributed by atoms with Gasteiger partial charge in [-0.2, -0.15) is 0 Å². The molecular formula is C87H86B2IrN3O4. The summed E-state index contributed by atoms with van der Waals surface area (Å²) in [6, 6.07) is 81.1. The second-order valence-corrected chi connectivity index (χ2v) is 31.1. The predicted molar refractivity (Wildman–Crippen MR) is 398 cm³/mol. The Morgan fingerprint density at radius 2 is 0.588 bits per heavy atom. The molecule has 10 heteroatoms. The van der Waals surface area contributed by atoms with Gasteiger partial charge in [0.25, 0.3) is 0 Å². The molecule has 0 radical (unpaired) electrons. The molecule has 3 aromatic heterocycles. The molecule has 97 heavy (non-hydrogen) atoms. The number of aromatic nitrogens is 3. The summed E-state index contributed by atoms with van der Waals surface area (Å²) >= 11 is 0. The summed E-state index contributed by atoms with van der Waals surface area (Å²) in [5.41, 5.74) is 22.3. The van der Waals surface area contributed by atoms with E-state index in [0.29, 0.717) is 0 Å². The smallest absolute Gasteiger partial charge is 0.400 e. The molecule has 2 fully saturated rings. The van der Waals surface area contributed by atoms with Crippen LogP contribution in [0.3, 0.4) is 0 Å². The number of rotatable bonds is 12. The fraction of sp³-hybridized carbons (Fsp3) is 0.276. The molecule has 5 heterocycles. The van der Waals surface area contributed by atoms with Gasteiger partial charge >= 0.3 is 34.3 Å². The van der Waals surface area contributed by atoms with E-state index in [4.69, 9.17) is 33.6 Å². The first-order valence-electron chi connectivity index (χ1n) is 33.7. The van der Waals surface area contributed by atoms with Crippen LogP contribution in [0.25, 0.3) is 112 Å². The molecule has 0 atom stereocenters. The van der Waals surface area contributed by atoms with E-state index in [0.717, 1.165) is 123 Å². The third-order valence-corrected chi connectivity index (χ3v) is 20.2. The third-order valence-electron chi connectivity index (χ3n) is 20.2. The van der Waals surface area contributed by atoms with Crippen LogP contribution in [0, 0.1) is 18.2 Å². The number of benzene rings is 8. The summed E-state index contributed by atoms with van der Waals surface area (Å²) in [5, 5.41) is 0. The Balaban J connectivity index is 0.00000897. The molecule has 2 saturated heterocycles. The molecule has 8 aromatic carbocycles. The van der Waals surface area contributed by atoms with Gasteiger partial charge in [0, 0.05) is 18.6 Å². The van der Waals surface area contributed by atoms with Gasteiger partial charge in [0.15, 0.2) is 0 Å². The Bertz CT molecular complexity index is 4530. The molecule has 0 bridgehead atoms. The molecule has 0 unspecified atom stereocenters. The van der Waals surface area contributed by atoms with Crippen LogP contribution in [0.4, 0.5) is 0 Å². The van der Waals surface area contributed by atoms with E-state index in [2.05, 4.69) is 330 Å². The first kappa shape index (κ1) is 68.8. The minimum Gasteiger partial charge on any atom is -0.400 e. The van der Waals surface area contributed by atoms with Crippen molar-refractivity contribution < 1.29 is 38.7 Å². The van der Waals surface area contributed by atoms with Gasteiger partial charge in [-0.3, -0.25) is 0 Å². The van der Waals surface area contributed by atoms with E-state index in [1.807, 2.05) is 18.6 Å². The number of hydrogen-bond acceptors (Lipinski definition) is 7. The Kier molecular flexibility index (Phi) is 18.4. The number of pyridine rings is 3. The van der Waals surface area contributed by atoms with Crippen LogP contribution in [0.2, 0.25) is 0 Å². The molecule has 11 aromatic rings. The Labute approximate surface area is 590 Å². The molecule has 0 saturated carbocycles. The fourth-order valence-electron chi connectivity index (χ4n) is 13.0. The van der Waals surface area contributed by atoms with Gasteiger partial charge < -0.3 is 33.6 Å². The summed E-state index contributed by atoms with van der Waals surface area (Å²) in [6.45, 7) is 37.0. The molecule has 0 N–H and O–H groups in total. The molecule has 0 amide bonds. The van der Waals surface area contributed by atoms with Crippen LogP contribution in [-0.4, -0.2) is 51.6 Å². The van der Waals surface area contributed by atoms with Gasteiger partial charge in [-0.05, 0) is 181 Å². The van der Waals surface area contributed by atoms with E-state index in [9.17, 15) is 0 Å². The largest absolute Gasteiger partial charge is 3.00 e. The molecule has 0 aliphatic carbocycles. The Hall–Kier alpha value is -8.17. The van der Waals surface area contributed by atoms with Crippen molar-refractivity contribution in [2.45, 2.75) is 156 Å². The zero-order valence-corrected chi connectivity index (χ0v) is 61.6. The summed E-state index contributed by atoms with van der Waals surface area (Å²) in [7, 11) is -1.39. The van der Waals surface area contributed by atoms with E-state index in [1.165, 1.54) is 16.7 Å². The standard InChI is InChI=1S/C87H86B2N3O4.Ir/c1-81(2,3)63-41-44-90-78(53-63)57-35-38-72(75(50-57)56-27-19-18-20-28-56)69-32-24-21-29-66(69)60-47-61(67-30-22-25-33-70(67)73-39-36-58(79-54-64(42-45-91-79)82(4,5)6)51-76(73)88-93-84(10,11)85(12,13)94-88)49-62(48-60)68-31-23-26-34-71(68)74-40-37-59(80-55-65(43-46-92-80)83(7,8)9)52-77(74)89-95-86(14,15)87(16,17)96-89;/h18-34,38-55H,1-17H3;/q-3;+3. The van der Waals surface area contributed by atoms with E-state index in [-0.39, 0.29) is 36.4 Å². The first-order valence-corrected chi connectivity index (χ1v) is 33.7. The molecule has 2 aliphatic rings. The minimum atomic E-state index is -0.697. The van der Waals surface area contributed by atoms with Crippen molar-refractivity contribution in [3.05, 3.63) is 248 Å². The van der Waals surface area contributed by atoms with Crippen molar-refractivity contribution in [1.82, 2.24) is 15.0 Å². The number of nitrogens with zero attached hydrogens (tertiary/aromatic N) is 3. The van der Waals surface area contributed by atoms with E-state index < -0.39 is 36.6 Å². The van der Waals surface area contributed by atoms with Gasteiger partial charge in [0.1, 0.15) is 0 Å². The fourth-order valence-corrected chi connectivity index (χ4v) is 13.0. The summed E-state index contributed by atoms with van der Waals surface area (Å²) in [6.07, 6.45) is 5.72. The van der Waals surface area contributed by atoms with Crippen LogP contribution >= 0.6 is 0 Å².